The third-order valence-electron chi connectivity index (χ3n) is 10.1. The van der Waals surface area contributed by atoms with Crippen molar-refractivity contribution in [3.8, 4) is 0 Å². The Bertz CT molecular complexity index is 1620. The van der Waals surface area contributed by atoms with Gasteiger partial charge in [0.1, 0.15) is 17.7 Å². The van der Waals surface area contributed by atoms with Crippen LogP contribution in [0.3, 0.4) is 0 Å². The van der Waals surface area contributed by atoms with Crippen molar-refractivity contribution in [3.05, 3.63) is 90.0 Å². The van der Waals surface area contributed by atoms with E-state index < -0.39 is 59.5 Å². The lowest BCUT2D eigenvalue weighted by atomic mass is 9.70. The fourth-order valence-electron chi connectivity index (χ4n) is 8.00. The smallest absolute Gasteiger partial charge is 0.313 e. The number of hydrogen-bond acceptors (Lipinski definition) is 7. The van der Waals surface area contributed by atoms with E-state index >= 15 is 4.79 Å². The molecule has 274 valence electrons. The number of aliphatic hydroxyl groups excluding tert-OH is 1. The van der Waals surface area contributed by atoms with Gasteiger partial charge in [0.2, 0.25) is 11.8 Å². The van der Waals surface area contributed by atoms with Gasteiger partial charge in [-0.2, -0.15) is 0 Å². The number of hydrogen-bond donors (Lipinski definition) is 2. The number of likely N-dealkylation sites (tertiary alicyclic amines) is 1. The van der Waals surface area contributed by atoms with E-state index in [9.17, 15) is 19.5 Å². The number of aryl methyl sites for hydroxylation is 1. The monoisotopic (exact) mass is 783 g/mol. The first-order valence-corrected chi connectivity index (χ1v) is 18.7. The largest absolute Gasteiger partial charge is 0.455 e. The highest BCUT2D eigenvalue weighted by molar-refractivity contribution is 9.09. The van der Waals surface area contributed by atoms with E-state index in [-0.39, 0.29) is 49.2 Å². The van der Waals surface area contributed by atoms with Crippen molar-refractivity contribution in [1.29, 1.82) is 0 Å². The Morgan fingerprint density at radius 2 is 1.90 bits per heavy atom. The number of carbonyl (C=O) groups is 4. The molecule has 3 aliphatic heterocycles. The molecule has 1 spiro atoms. The molecule has 5 rings (SSSR count). The third kappa shape index (κ3) is 7.54. The third-order valence-corrected chi connectivity index (χ3v) is 11.3. The van der Waals surface area contributed by atoms with Gasteiger partial charge in [0.05, 0.1) is 47.8 Å². The van der Waals surface area contributed by atoms with Gasteiger partial charge in [0, 0.05) is 17.8 Å². The number of nitrogens with zero attached hydrogens (tertiary/aromatic N) is 2. The summed E-state index contributed by atoms with van der Waals surface area (Å²) in [6.07, 6.45) is 3.07. The van der Waals surface area contributed by atoms with Crippen molar-refractivity contribution in [2.45, 2.75) is 81.2 Å². The van der Waals surface area contributed by atoms with Gasteiger partial charge >= 0.3 is 5.97 Å². The van der Waals surface area contributed by atoms with Crippen LogP contribution in [0, 0.1) is 24.7 Å². The highest BCUT2D eigenvalue weighted by Crippen LogP contribution is 2.61. The van der Waals surface area contributed by atoms with Crippen LogP contribution in [0.2, 0.25) is 5.02 Å². The highest BCUT2D eigenvalue weighted by atomic mass is 79.9. The molecule has 1 unspecified atom stereocenters. The van der Waals surface area contributed by atoms with E-state index in [0.717, 1.165) is 5.56 Å². The zero-order chi connectivity index (χ0) is 37.0. The molecule has 2 bridgehead atoms. The molecule has 2 aromatic carbocycles. The Kier molecular flexibility index (Phi) is 12.5. The van der Waals surface area contributed by atoms with E-state index in [4.69, 9.17) is 21.1 Å². The van der Waals surface area contributed by atoms with Crippen LogP contribution in [0.5, 0.6) is 0 Å². The number of carbonyl (C=O) groups excluding carboxylic acids is 4. The molecule has 0 aromatic heterocycles. The number of allylic oxidation sites excluding steroid dienone is 1. The molecule has 12 heteroatoms. The van der Waals surface area contributed by atoms with Gasteiger partial charge in [0.25, 0.3) is 5.91 Å². The van der Waals surface area contributed by atoms with Crippen molar-refractivity contribution in [2.24, 2.45) is 17.8 Å². The SMILES string of the molecule is C=CCCC(=O)NC[C@@H](OC(=O)[C@H]1[C@@H]2O[C@@]3(CC2Br)[C@@H]1C(=O)N([C@@H](CO)CC(C)C)[C@@H]3C(=O)N(CC=C)c1c(C)cccc1Cl)c1ccccc1. The number of esters is 1. The Labute approximate surface area is 313 Å². The quantitative estimate of drug-likeness (QED) is 0.127. The minimum Gasteiger partial charge on any atom is -0.455 e. The molecule has 3 amide bonds. The van der Waals surface area contributed by atoms with Gasteiger partial charge in [-0.1, -0.05) is 96.0 Å². The summed E-state index contributed by atoms with van der Waals surface area (Å²) in [6, 6.07) is 12.5. The summed E-state index contributed by atoms with van der Waals surface area (Å²) in [7, 11) is 0. The van der Waals surface area contributed by atoms with Gasteiger partial charge in [-0.05, 0) is 49.3 Å². The number of ether oxygens (including phenoxy) is 2. The average Bonchev–Trinajstić information content (AvgIpc) is 3.70. The molecule has 10 nitrogen and oxygen atoms in total. The number of rotatable bonds is 16. The number of nitrogens with one attached hydrogen (secondary N) is 1. The molecule has 0 saturated carbocycles. The van der Waals surface area contributed by atoms with Crippen molar-refractivity contribution in [1.82, 2.24) is 10.2 Å². The normalized spacial score (nSPS) is 26.1. The molecule has 0 aliphatic carbocycles. The number of amides is 3. The van der Waals surface area contributed by atoms with Crippen LogP contribution in [-0.2, 0) is 28.7 Å². The summed E-state index contributed by atoms with van der Waals surface area (Å²) < 4.78 is 12.9. The van der Waals surface area contributed by atoms with Crippen LogP contribution in [0.25, 0.3) is 0 Å². The first-order chi connectivity index (χ1) is 24.4. The number of halogens is 2. The number of fused-ring (bicyclic) bond motifs is 1. The highest BCUT2D eigenvalue weighted by Gasteiger charge is 2.77. The fraction of sp³-hybridized carbons (Fsp3) is 0.487. The number of benzene rings is 2. The Morgan fingerprint density at radius 1 is 1.18 bits per heavy atom. The van der Waals surface area contributed by atoms with Crippen LogP contribution in [-0.4, -0.2) is 82.0 Å². The molecule has 3 aliphatic rings. The predicted molar refractivity (Wildman–Crippen MR) is 199 cm³/mol. The lowest BCUT2D eigenvalue weighted by Crippen LogP contribution is -2.59. The topological polar surface area (TPSA) is 125 Å². The van der Waals surface area contributed by atoms with E-state index in [1.165, 1.54) is 9.80 Å². The van der Waals surface area contributed by atoms with Crippen LogP contribution >= 0.6 is 27.5 Å². The second-order valence-corrected chi connectivity index (χ2v) is 15.6. The standard InChI is InChI=1S/C39H47BrClN3O7/c1-6-8-17-30(46)42-21-29(25-14-10-9-11-15-25)50-38(49)31-32-36(47)44(26(22-45)19-23(3)4)35(39(32)20-27(40)34(31)51-39)37(48)43(18-7-2)33-24(5)13-12-16-28(33)41/h6-7,9-16,23,26-27,29,31-32,34-35,45H,1-2,8,17-22H2,3-5H3,(H,42,46)/t26-,27?,29-,31-,32+,34-,35-,39+/m1/s1. The maximum Gasteiger partial charge on any atom is 0.313 e. The second-order valence-electron chi connectivity index (χ2n) is 14.0. The zero-order valence-electron chi connectivity index (χ0n) is 29.3. The zero-order valence-corrected chi connectivity index (χ0v) is 31.6. The lowest BCUT2D eigenvalue weighted by Gasteiger charge is -2.40. The van der Waals surface area contributed by atoms with Crippen LogP contribution in [0.4, 0.5) is 5.69 Å². The van der Waals surface area contributed by atoms with E-state index in [0.29, 0.717) is 29.1 Å². The number of alkyl halides is 1. The Morgan fingerprint density at radius 3 is 2.53 bits per heavy atom. The first-order valence-electron chi connectivity index (χ1n) is 17.4. The maximum atomic E-state index is 15.1. The minimum atomic E-state index is -1.41. The molecule has 3 saturated heterocycles. The molecule has 51 heavy (non-hydrogen) atoms. The van der Waals surface area contributed by atoms with Crippen molar-refractivity contribution >= 4 is 56.9 Å². The van der Waals surface area contributed by atoms with Gasteiger partial charge in [0.15, 0.2) is 0 Å². The molecule has 2 aromatic rings. The predicted octanol–water partition coefficient (Wildman–Crippen LogP) is 5.69. The number of para-hydroxylation sites is 1. The number of aliphatic hydroxyl groups is 1. The summed E-state index contributed by atoms with van der Waals surface area (Å²) in [5, 5.41) is 13.9. The van der Waals surface area contributed by atoms with Gasteiger partial charge in [-0.25, -0.2) is 0 Å². The van der Waals surface area contributed by atoms with Crippen molar-refractivity contribution in [3.63, 3.8) is 0 Å². The summed E-state index contributed by atoms with van der Waals surface area (Å²) >= 11 is 10.4. The summed E-state index contributed by atoms with van der Waals surface area (Å²) in [5.74, 6) is -3.81. The molecule has 2 N–H and O–H groups in total. The Hall–Kier alpha value is -3.51. The fourth-order valence-corrected chi connectivity index (χ4v) is 9.27. The van der Waals surface area contributed by atoms with E-state index in [2.05, 4.69) is 34.4 Å². The van der Waals surface area contributed by atoms with Crippen molar-refractivity contribution < 1.29 is 33.8 Å². The molecular formula is C39H47BrClN3O7. The molecular weight excluding hydrogens is 738 g/mol. The van der Waals surface area contributed by atoms with Crippen LogP contribution in [0.1, 0.15) is 56.8 Å². The van der Waals surface area contributed by atoms with Crippen LogP contribution < -0.4 is 10.2 Å². The second kappa shape index (κ2) is 16.4. The number of anilines is 1. The van der Waals surface area contributed by atoms with Gasteiger partial charge < -0.3 is 29.7 Å². The molecule has 3 heterocycles. The van der Waals surface area contributed by atoms with Crippen molar-refractivity contribution in [2.75, 3.05) is 24.6 Å². The summed E-state index contributed by atoms with van der Waals surface area (Å²) in [5.41, 5.74) is 0.504. The minimum absolute atomic E-state index is 0.0212. The Balaban J connectivity index is 1.55. The van der Waals surface area contributed by atoms with E-state index in [1.807, 2.05) is 45.0 Å². The van der Waals surface area contributed by atoms with Gasteiger partial charge in [-0.15, -0.1) is 13.2 Å². The summed E-state index contributed by atoms with van der Waals surface area (Å²) in [6.45, 7) is 13.1. The molecule has 8 atom stereocenters. The first kappa shape index (κ1) is 38.7. The average molecular weight is 785 g/mol. The lowest BCUT2D eigenvalue weighted by molar-refractivity contribution is -0.161. The summed E-state index contributed by atoms with van der Waals surface area (Å²) in [4.78, 5) is 59.5. The molecule has 3 fully saturated rings. The molecule has 0 radical (unpaired) electrons. The van der Waals surface area contributed by atoms with Gasteiger partial charge in [-0.3, -0.25) is 19.2 Å². The maximum absolute atomic E-state index is 15.1. The van der Waals surface area contributed by atoms with Crippen LogP contribution in [0.15, 0.2) is 73.8 Å². The van der Waals surface area contributed by atoms with E-state index in [1.54, 1.807) is 36.4 Å².